The van der Waals surface area contributed by atoms with Gasteiger partial charge >= 0.3 is 0 Å². The van der Waals surface area contributed by atoms with Gasteiger partial charge in [0.1, 0.15) is 11.4 Å². The molecule has 1 saturated heterocycles. The second kappa shape index (κ2) is 8.27. The minimum Gasteiger partial charge on any atom is -0.480 e. The molecule has 3 rings (SSSR count). The van der Waals surface area contributed by atoms with E-state index in [1.807, 2.05) is 19.2 Å². The molecule has 0 spiro atoms. The molecule has 0 radical (unpaired) electrons. The van der Waals surface area contributed by atoms with Crippen molar-refractivity contribution >= 4 is 5.91 Å². The number of rotatable bonds is 5. The van der Waals surface area contributed by atoms with Crippen LogP contribution in [0, 0.1) is 5.82 Å². The van der Waals surface area contributed by atoms with Crippen LogP contribution in [0.3, 0.4) is 0 Å². The van der Waals surface area contributed by atoms with Crippen LogP contribution < -0.4 is 4.74 Å². The average molecular weight is 357 g/mol. The summed E-state index contributed by atoms with van der Waals surface area (Å²) in [4.78, 5) is 20.9. The van der Waals surface area contributed by atoms with Crippen molar-refractivity contribution in [3.63, 3.8) is 0 Å². The van der Waals surface area contributed by atoms with E-state index in [0.717, 1.165) is 25.9 Å². The summed E-state index contributed by atoms with van der Waals surface area (Å²) in [7, 11) is 3.32. The summed E-state index contributed by atoms with van der Waals surface area (Å²) in [6.45, 7) is 2.18. The van der Waals surface area contributed by atoms with E-state index in [0.29, 0.717) is 23.6 Å². The first-order valence-electron chi connectivity index (χ1n) is 8.82. The second-order valence-electron chi connectivity index (χ2n) is 6.60. The SMILES string of the molecule is COc1ncccc1C(=O)N(C)C1CCCN(Cc2ccccc2F)C1. The maximum absolute atomic E-state index is 13.9. The van der Waals surface area contributed by atoms with Crippen LogP contribution in [0.5, 0.6) is 5.88 Å². The molecule has 2 aromatic rings. The molecule has 0 aliphatic carbocycles. The smallest absolute Gasteiger partial charge is 0.259 e. The van der Waals surface area contributed by atoms with Gasteiger partial charge in [-0.15, -0.1) is 0 Å². The fourth-order valence-electron chi connectivity index (χ4n) is 3.43. The molecule has 1 unspecified atom stereocenters. The number of ether oxygens (including phenoxy) is 1. The minimum absolute atomic E-state index is 0.0768. The Morgan fingerprint density at radius 3 is 2.92 bits per heavy atom. The van der Waals surface area contributed by atoms with E-state index in [1.165, 1.54) is 13.2 Å². The Morgan fingerprint density at radius 2 is 2.15 bits per heavy atom. The highest BCUT2D eigenvalue weighted by Gasteiger charge is 2.28. The highest BCUT2D eigenvalue weighted by molar-refractivity contribution is 5.96. The number of methoxy groups -OCH3 is 1. The van der Waals surface area contributed by atoms with E-state index < -0.39 is 0 Å². The molecule has 0 bridgehead atoms. The zero-order valence-electron chi connectivity index (χ0n) is 15.2. The van der Waals surface area contributed by atoms with Crippen LogP contribution in [-0.2, 0) is 6.54 Å². The molecule has 1 aliphatic heterocycles. The summed E-state index contributed by atoms with van der Waals surface area (Å²) < 4.78 is 19.1. The molecule has 1 fully saturated rings. The molecule has 138 valence electrons. The maximum Gasteiger partial charge on any atom is 0.259 e. The Balaban J connectivity index is 1.68. The third-order valence-electron chi connectivity index (χ3n) is 4.90. The van der Waals surface area contributed by atoms with Crippen LogP contribution in [0.1, 0.15) is 28.8 Å². The van der Waals surface area contributed by atoms with Crippen LogP contribution in [0.25, 0.3) is 0 Å². The van der Waals surface area contributed by atoms with Crippen molar-refractivity contribution in [3.05, 3.63) is 59.5 Å². The quantitative estimate of drug-likeness (QED) is 0.825. The van der Waals surface area contributed by atoms with Crippen molar-refractivity contribution < 1.29 is 13.9 Å². The van der Waals surface area contributed by atoms with Gasteiger partial charge in [0.05, 0.1) is 7.11 Å². The normalized spacial score (nSPS) is 17.7. The zero-order valence-corrected chi connectivity index (χ0v) is 15.2. The van der Waals surface area contributed by atoms with E-state index in [2.05, 4.69) is 9.88 Å². The number of amides is 1. The van der Waals surface area contributed by atoms with Crippen LogP contribution in [-0.4, -0.2) is 54.0 Å². The predicted molar refractivity (Wildman–Crippen MR) is 97.6 cm³/mol. The first-order chi connectivity index (χ1) is 12.6. The van der Waals surface area contributed by atoms with Gasteiger partial charge in [-0.1, -0.05) is 18.2 Å². The van der Waals surface area contributed by atoms with E-state index in [1.54, 1.807) is 29.3 Å². The average Bonchev–Trinajstić information content (AvgIpc) is 2.69. The molecule has 26 heavy (non-hydrogen) atoms. The monoisotopic (exact) mass is 357 g/mol. The number of hydrogen-bond donors (Lipinski definition) is 0. The summed E-state index contributed by atoms with van der Waals surface area (Å²) in [5, 5.41) is 0. The van der Waals surface area contributed by atoms with Crippen molar-refractivity contribution in [3.8, 4) is 5.88 Å². The van der Waals surface area contributed by atoms with E-state index in [-0.39, 0.29) is 17.8 Å². The fourth-order valence-corrected chi connectivity index (χ4v) is 3.43. The van der Waals surface area contributed by atoms with Gasteiger partial charge in [0.15, 0.2) is 0 Å². The number of aromatic nitrogens is 1. The molecule has 2 heterocycles. The van der Waals surface area contributed by atoms with Crippen molar-refractivity contribution in [2.45, 2.75) is 25.4 Å². The number of likely N-dealkylation sites (tertiary alicyclic amines) is 1. The molecule has 5 nitrogen and oxygen atoms in total. The van der Waals surface area contributed by atoms with Gasteiger partial charge in [-0.25, -0.2) is 9.37 Å². The van der Waals surface area contributed by atoms with E-state index in [9.17, 15) is 9.18 Å². The largest absolute Gasteiger partial charge is 0.480 e. The maximum atomic E-state index is 13.9. The molecule has 0 saturated carbocycles. The number of nitrogens with zero attached hydrogens (tertiary/aromatic N) is 3. The zero-order chi connectivity index (χ0) is 18.5. The molecule has 1 aromatic heterocycles. The Bertz CT molecular complexity index is 768. The number of piperidine rings is 1. The van der Waals surface area contributed by atoms with Crippen molar-refractivity contribution in [2.24, 2.45) is 0 Å². The molecular weight excluding hydrogens is 333 g/mol. The number of halogens is 1. The number of hydrogen-bond acceptors (Lipinski definition) is 4. The first kappa shape index (κ1) is 18.3. The Morgan fingerprint density at radius 1 is 1.35 bits per heavy atom. The second-order valence-corrected chi connectivity index (χ2v) is 6.60. The van der Waals surface area contributed by atoms with Gasteiger partial charge in [0, 0.05) is 37.9 Å². The summed E-state index contributed by atoms with van der Waals surface area (Å²) in [5.41, 5.74) is 1.15. The third kappa shape index (κ3) is 4.02. The molecule has 6 heteroatoms. The van der Waals surface area contributed by atoms with Gasteiger partial charge < -0.3 is 9.64 Å². The number of likely N-dealkylation sites (N-methyl/N-ethyl adjacent to an activating group) is 1. The number of benzene rings is 1. The Labute approximate surface area is 153 Å². The van der Waals surface area contributed by atoms with Crippen molar-refractivity contribution in [1.29, 1.82) is 0 Å². The van der Waals surface area contributed by atoms with Gasteiger partial charge in [0.25, 0.3) is 5.91 Å². The van der Waals surface area contributed by atoms with Crippen LogP contribution in [0.4, 0.5) is 4.39 Å². The summed E-state index contributed by atoms with van der Waals surface area (Å²) in [6, 6.07) is 10.4. The molecular formula is C20H24FN3O2. The number of carbonyl (C=O) groups excluding carboxylic acids is 1. The lowest BCUT2D eigenvalue weighted by Gasteiger charge is -2.37. The lowest BCUT2D eigenvalue weighted by Crippen LogP contribution is -2.48. The molecule has 1 atom stereocenters. The standard InChI is InChI=1S/C20H24FN3O2/c1-23(20(25)17-9-5-11-22-19(17)26-2)16-8-6-12-24(14-16)13-15-7-3-4-10-18(15)21/h3-5,7,9-11,16H,6,8,12-14H2,1-2H3. The third-order valence-corrected chi connectivity index (χ3v) is 4.90. The molecule has 0 N–H and O–H groups in total. The lowest BCUT2D eigenvalue weighted by molar-refractivity contribution is 0.0604. The van der Waals surface area contributed by atoms with Crippen LogP contribution in [0.15, 0.2) is 42.6 Å². The van der Waals surface area contributed by atoms with Crippen molar-refractivity contribution in [1.82, 2.24) is 14.8 Å². The number of pyridine rings is 1. The Hall–Kier alpha value is -2.47. The first-order valence-corrected chi connectivity index (χ1v) is 8.82. The topological polar surface area (TPSA) is 45.7 Å². The van der Waals surface area contributed by atoms with Crippen molar-refractivity contribution in [2.75, 3.05) is 27.2 Å². The summed E-state index contributed by atoms with van der Waals surface area (Å²) in [6.07, 6.45) is 3.51. The summed E-state index contributed by atoms with van der Waals surface area (Å²) in [5.74, 6) is 0.0511. The van der Waals surface area contributed by atoms with Gasteiger partial charge in [0.2, 0.25) is 5.88 Å². The van der Waals surface area contributed by atoms with Crippen LogP contribution >= 0.6 is 0 Å². The highest BCUT2D eigenvalue weighted by Crippen LogP contribution is 2.22. The van der Waals surface area contributed by atoms with E-state index in [4.69, 9.17) is 4.74 Å². The highest BCUT2D eigenvalue weighted by atomic mass is 19.1. The van der Waals surface area contributed by atoms with Gasteiger partial charge in [-0.05, 0) is 37.6 Å². The molecule has 1 aliphatic rings. The predicted octanol–water partition coefficient (Wildman–Crippen LogP) is 2.97. The lowest BCUT2D eigenvalue weighted by atomic mass is 10.0. The summed E-state index contributed by atoms with van der Waals surface area (Å²) >= 11 is 0. The Kier molecular flexibility index (Phi) is 5.83. The van der Waals surface area contributed by atoms with Gasteiger partial charge in [-0.2, -0.15) is 0 Å². The fraction of sp³-hybridized carbons (Fsp3) is 0.400. The van der Waals surface area contributed by atoms with Gasteiger partial charge in [-0.3, -0.25) is 9.69 Å². The number of carbonyl (C=O) groups is 1. The van der Waals surface area contributed by atoms with E-state index >= 15 is 0 Å². The molecule has 1 aromatic carbocycles. The van der Waals surface area contributed by atoms with Crippen LogP contribution in [0.2, 0.25) is 0 Å². The minimum atomic E-state index is -0.181. The molecule has 1 amide bonds.